The van der Waals surface area contributed by atoms with Crippen LogP contribution in [0.15, 0.2) is 18.2 Å². The Kier molecular flexibility index (Phi) is 5.59. The van der Waals surface area contributed by atoms with Crippen molar-refractivity contribution >= 4 is 5.91 Å². The third-order valence-corrected chi connectivity index (χ3v) is 3.89. The molecule has 5 nitrogen and oxygen atoms in total. The van der Waals surface area contributed by atoms with Gasteiger partial charge in [0, 0.05) is 38.2 Å². The van der Waals surface area contributed by atoms with E-state index in [1.807, 2.05) is 11.0 Å². The van der Waals surface area contributed by atoms with Crippen molar-refractivity contribution in [1.29, 1.82) is 0 Å². The summed E-state index contributed by atoms with van der Waals surface area (Å²) < 4.78 is 0. The number of carbonyl (C=O) groups excluding carboxylic acids is 1. The highest BCUT2D eigenvalue weighted by atomic mass is 16.3. The number of nitrogens with zero attached hydrogens (tertiary/aromatic N) is 1. The van der Waals surface area contributed by atoms with Gasteiger partial charge in [-0.2, -0.15) is 0 Å². The summed E-state index contributed by atoms with van der Waals surface area (Å²) >= 11 is 0. The van der Waals surface area contributed by atoms with Gasteiger partial charge in [-0.15, -0.1) is 0 Å². The van der Waals surface area contributed by atoms with Crippen molar-refractivity contribution in [2.24, 2.45) is 5.92 Å². The average molecular weight is 292 g/mol. The molecule has 1 aromatic rings. The van der Waals surface area contributed by atoms with Gasteiger partial charge in [-0.25, -0.2) is 0 Å². The molecule has 0 aromatic heterocycles. The van der Waals surface area contributed by atoms with Gasteiger partial charge in [-0.1, -0.05) is 13.0 Å². The first-order valence-corrected chi connectivity index (χ1v) is 7.50. The average Bonchev–Trinajstić information content (AvgIpc) is 2.50. The molecule has 1 aliphatic heterocycles. The highest BCUT2D eigenvalue weighted by Gasteiger charge is 2.18. The number of benzene rings is 1. The fourth-order valence-electron chi connectivity index (χ4n) is 2.71. The maximum atomic E-state index is 12.2. The number of rotatable bonds is 5. The van der Waals surface area contributed by atoms with Crippen molar-refractivity contribution < 1.29 is 15.0 Å². The third-order valence-electron chi connectivity index (χ3n) is 3.89. The fraction of sp³-hybridized carbons (Fsp3) is 0.562. The molecule has 0 aliphatic carbocycles. The molecular formula is C16H24N2O3. The van der Waals surface area contributed by atoms with Crippen LogP contribution in [-0.2, 0) is 17.8 Å². The summed E-state index contributed by atoms with van der Waals surface area (Å²) in [6.45, 7) is 5.22. The summed E-state index contributed by atoms with van der Waals surface area (Å²) in [4.78, 5) is 14.1. The second-order valence-electron chi connectivity index (χ2n) is 5.77. The molecule has 1 unspecified atom stereocenters. The van der Waals surface area contributed by atoms with Crippen molar-refractivity contribution in [3.8, 4) is 5.75 Å². The number of hydrogen-bond donors (Lipinski definition) is 3. The fourth-order valence-corrected chi connectivity index (χ4v) is 2.71. The molecule has 0 bridgehead atoms. The van der Waals surface area contributed by atoms with E-state index in [2.05, 4.69) is 12.2 Å². The molecule has 1 heterocycles. The second-order valence-corrected chi connectivity index (χ2v) is 5.77. The van der Waals surface area contributed by atoms with E-state index in [4.69, 9.17) is 5.11 Å². The Hall–Kier alpha value is -1.59. The zero-order valence-corrected chi connectivity index (χ0v) is 12.5. The van der Waals surface area contributed by atoms with Gasteiger partial charge in [0.05, 0.1) is 6.61 Å². The zero-order valence-electron chi connectivity index (χ0n) is 12.5. The maximum absolute atomic E-state index is 12.2. The first-order valence-electron chi connectivity index (χ1n) is 7.50. The van der Waals surface area contributed by atoms with E-state index in [1.54, 1.807) is 12.1 Å². The molecule has 1 aliphatic rings. The smallest absolute Gasteiger partial charge is 0.222 e. The van der Waals surface area contributed by atoms with Gasteiger partial charge in [-0.05, 0) is 30.0 Å². The molecule has 0 spiro atoms. The Bertz CT molecular complexity index is 484. The topological polar surface area (TPSA) is 72.8 Å². The highest BCUT2D eigenvalue weighted by molar-refractivity contribution is 5.76. The van der Waals surface area contributed by atoms with Gasteiger partial charge in [0.2, 0.25) is 5.91 Å². The number of carbonyl (C=O) groups is 1. The zero-order chi connectivity index (χ0) is 15.2. The quantitative estimate of drug-likeness (QED) is 0.753. The number of aliphatic hydroxyl groups is 1. The molecule has 0 saturated carbocycles. The number of piperazine rings is 1. The van der Waals surface area contributed by atoms with Crippen molar-refractivity contribution in [3.05, 3.63) is 29.3 Å². The monoisotopic (exact) mass is 292 g/mol. The number of aromatic hydroxyl groups is 1. The van der Waals surface area contributed by atoms with Crippen molar-refractivity contribution in [2.45, 2.75) is 26.4 Å². The van der Waals surface area contributed by atoms with Gasteiger partial charge >= 0.3 is 0 Å². The van der Waals surface area contributed by atoms with Crippen LogP contribution in [0.25, 0.3) is 0 Å². The van der Waals surface area contributed by atoms with Crippen LogP contribution in [0, 0.1) is 5.92 Å². The van der Waals surface area contributed by atoms with Crippen molar-refractivity contribution in [2.75, 3.05) is 26.2 Å². The van der Waals surface area contributed by atoms with E-state index in [9.17, 15) is 9.90 Å². The van der Waals surface area contributed by atoms with Crippen LogP contribution in [0.4, 0.5) is 0 Å². The molecule has 1 saturated heterocycles. The molecule has 5 heteroatoms. The number of aliphatic hydroxyl groups excluding tert-OH is 1. The van der Waals surface area contributed by atoms with Crippen LogP contribution in [-0.4, -0.2) is 47.2 Å². The molecular weight excluding hydrogens is 268 g/mol. The predicted molar refractivity (Wildman–Crippen MR) is 81.0 cm³/mol. The number of hydrogen-bond acceptors (Lipinski definition) is 4. The van der Waals surface area contributed by atoms with Crippen molar-refractivity contribution in [3.63, 3.8) is 0 Å². The lowest BCUT2D eigenvalue weighted by atomic mass is 9.96. The Morgan fingerprint density at radius 2 is 2.10 bits per heavy atom. The minimum Gasteiger partial charge on any atom is -0.508 e. The molecule has 3 N–H and O–H groups in total. The standard InChI is InChI=1S/C16H24N2O3/c1-12(9-16(21)18-6-4-17-5-7-18)8-13-2-3-15(20)14(10-13)11-19/h2-3,10,12,17,19-20H,4-9,11H2,1H3. The second kappa shape index (κ2) is 7.43. The molecule has 116 valence electrons. The van der Waals surface area contributed by atoms with E-state index >= 15 is 0 Å². The summed E-state index contributed by atoms with van der Waals surface area (Å²) in [6.07, 6.45) is 1.31. The summed E-state index contributed by atoms with van der Waals surface area (Å²) in [6, 6.07) is 5.26. The number of nitrogens with one attached hydrogen (secondary N) is 1. The van der Waals surface area contributed by atoms with Gasteiger partial charge < -0.3 is 20.4 Å². The summed E-state index contributed by atoms with van der Waals surface area (Å²) in [5, 5.41) is 22.0. The van der Waals surface area contributed by atoms with Crippen molar-refractivity contribution in [1.82, 2.24) is 10.2 Å². The lowest BCUT2D eigenvalue weighted by molar-refractivity contribution is -0.132. The van der Waals surface area contributed by atoms with Gasteiger partial charge in [0.25, 0.3) is 0 Å². The first-order chi connectivity index (χ1) is 10.1. The highest BCUT2D eigenvalue weighted by Crippen LogP contribution is 2.21. The van der Waals surface area contributed by atoms with Gasteiger partial charge in [-0.3, -0.25) is 4.79 Å². The first kappa shape index (κ1) is 15.8. The summed E-state index contributed by atoms with van der Waals surface area (Å²) in [5.41, 5.74) is 1.57. The largest absolute Gasteiger partial charge is 0.508 e. The number of phenols is 1. The summed E-state index contributed by atoms with van der Waals surface area (Å²) in [7, 11) is 0. The van der Waals surface area contributed by atoms with Crippen LogP contribution >= 0.6 is 0 Å². The van der Waals surface area contributed by atoms with E-state index in [0.717, 1.165) is 38.2 Å². The SMILES string of the molecule is CC(CC(=O)N1CCNCC1)Cc1ccc(O)c(CO)c1. The molecule has 21 heavy (non-hydrogen) atoms. The molecule has 1 aromatic carbocycles. The molecule has 1 amide bonds. The van der Waals surface area contributed by atoms with E-state index in [-0.39, 0.29) is 24.2 Å². The Labute approximate surface area is 125 Å². The molecule has 1 atom stereocenters. The Morgan fingerprint density at radius 1 is 1.38 bits per heavy atom. The van der Waals surface area contributed by atoms with Gasteiger partial charge in [0.1, 0.15) is 5.75 Å². The lowest BCUT2D eigenvalue weighted by Crippen LogP contribution is -2.46. The molecule has 2 rings (SSSR count). The normalized spacial score (nSPS) is 16.8. The Morgan fingerprint density at radius 3 is 2.76 bits per heavy atom. The lowest BCUT2D eigenvalue weighted by Gasteiger charge is -2.28. The molecule has 0 radical (unpaired) electrons. The minimum atomic E-state index is -0.173. The third kappa shape index (κ3) is 4.44. The summed E-state index contributed by atoms with van der Waals surface area (Å²) in [5.74, 6) is 0.569. The van der Waals surface area contributed by atoms with Gasteiger partial charge in [0.15, 0.2) is 0 Å². The van der Waals surface area contributed by atoms with Crippen LogP contribution in [0.1, 0.15) is 24.5 Å². The van der Waals surface area contributed by atoms with Crippen LogP contribution in [0.3, 0.4) is 0 Å². The maximum Gasteiger partial charge on any atom is 0.222 e. The van der Waals surface area contributed by atoms with Crippen LogP contribution < -0.4 is 5.32 Å². The Balaban J connectivity index is 1.88. The number of amides is 1. The van der Waals surface area contributed by atoms with E-state index in [0.29, 0.717) is 12.0 Å². The molecule has 1 fully saturated rings. The predicted octanol–water partition coefficient (Wildman–Crippen LogP) is 0.885. The van der Waals surface area contributed by atoms with Crippen LogP contribution in [0.5, 0.6) is 5.75 Å². The van der Waals surface area contributed by atoms with Crippen LogP contribution in [0.2, 0.25) is 0 Å². The van der Waals surface area contributed by atoms with E-state index < -0.39 is 0 Å². The minimum absolute atomic E-state index is 0.116. The van der Waals surface area contributed by atoms with E-state index in [1.165, 1.54) is 0 Å².